The fourth-order valence-electron chi connectivity index (χ4n) is 1.97. The van der Waals surface area contributed by atoms with Gasteiger partial charge >= 0.3 is 0 Å². The molecule has 0 amide bonds. The summed E-state index contributed by atoms with van der Waals surface area (Å²) < 4.78 is 14.0. The van der Waals surface area contributed by atoms with E-state index < -0.39 is 0 Å². The summed E-state index contributed by atoms with van der Waals surface area (Å²) in [5, 5.41) is 0. The van der Waals surface area contributed by atoms with Gasteiger partial charge in [0.25, 0.3) is 0 Å². The molecular formula is C16H14N2OS. The number of hydrogen-bond acceptors (Lipinski definition) is 4. The van der Waals surface area contributed by atoms with Gasteiger partial charge in [-0.1, -0.05) is 48.5 Å². The summed E-state index contributed by atoms with van der Waals surface area (Å²) in [5.41, 5.74) is 4.33. The molecule has 0 aliphatic carbocycles. The maximum Gasteiger partial charge on any atom is 0.104 e. The highest BCUT2D eigenvalue weighted by Gasteiger charge is 2.02. The summed E-state index contributed by atoms with van der Waals surface area (Å²) in [6.07, 6.45) is 1.79. The summed E-state index contributed by atoms with van der Waals surface area (Å²) in [6, 6.07) is 18.4. The lowest BCUT2D eigenvalue weighted by Gasteiger charge is -2.06. The van der Waals surface area contributed by atoms with Crippen molar-refractivity contribution >= 4 is 11.7 Å². The second kappa shape index (κ2) is 6.41. The van der Waals surface area contributed by atoms with Gasteiger partial charge in [0.05, 0.1) is 31.1 Å². The summed E-state index contributed by atoms with van der Waals surface area (Å²) in [6.45, 7) is 1.23. The molecule has 0 saturated carbocycles. The molecule has 1 heterocycles. The van der Waals surface area contributed by atoms with E-state index in [2.05, 4.69) is 33.0 Å². The van der Waals surface area contributed by atoms with Gasteiger partial charge < -0.3 is 4.74 Å². The van der Waals surface area contributed by atoms with Gasteiger partial charge in [-0.25, -0.2) is 0 Å². The minimum atomic E-state index is 0.598. The SMILES string of the molecule is c1ccc(COCc2cccc(-c3cnsn3)c2)cc1. The molecule has 0 spiro atoms. The molecular weight excluding hydrogens is 268 g/mol. The van der Waals surface area contributed by atoms with Crippen molar-refractivity contribution in [3.63, 3.8) is 0 Å². The molecule has 3 aromatic rings. The van der Waals surface area contributed by atoms with E-state index in [-0.39, 0.29) is 0 Å². The van der Waals surface area contributed by atoms with E-state index in [1.165, 1.54) is 17.3 Å². The Morgan fingerprint density at radius 1 is 0.900 bits per heavy atom. The molecule has 0 fully saturated rings. The Hall–Kier alpha value is -2.04. The van der Waals surface area contributed by atoms with Crippen LogP contribution in [0, 0.1) is 0 Å². The van der Waals surface area contributed by atoms with Crippen LogP contribution in [0.3, 0.4) is 0 Å². The molecule has 20 heavy (non-hydrogen) atoms. The normalized spacial score (nSPS) is 10.6. The minimum absolute atomic E-state index is 0.598. The number of nitrogens with zero attached hydrogens (tertiary/aromatic N) is 2. The van der Waals surface area contributed by atoms with Crippen molar-refractivity contribution in [3.05, 3.63) is 71.9 Å². The first-order valence-electron chi connectivity index (χ1n) is 6.40. The topological polar surface area (TPSA) is 35.0 Å². The number of aromatic nitrogens is 2. The summed E-state index contributed by atoms with van der Waals surface area (Å²) in [4.78, 5) is 0. The lowest BCUT2D eigenvalue weighted by Crippen LogP contribution is -1.94. The van der Waals surface area contributed by atoms with Gasteiger partial charge in [-0.05, 0) is 17.2 Å². The molecule has 0 unspecified atom stereocenters. The van der Waals surface area contributed by atoms with Gasteiger partial charge in [0.1, 0.15) is 5.69 Å². The fourth-order valence-corrected chi connectivity index (χ4v) is 2.41. The van der Waals surface area contributed by atoms with E-state index in [9.17, 15) is 0 Å². The second-order valence-electron chi connectivity index (χ2n) is 4.47. The fraction of sp³-hybridized carbons (Fsp3) is 0.125. The van der Waals surface area contributed by atoms with Crippen LogP contribution in [0.2, 0.25) is 0 Å². The Labute approximate surface area is 122 Å². The van der Waals surface area contributed by atoms with Crippen molar-refractivity contribution in [3.8, 4) is 11.3 Å². The molecule has 0 bridgehead atoms. The molecule has 3 rings (SSSR count). The molecule has 0 atom stereocenters. The van der Waals surface area contributed by atoms with Crippen molar-refractivity contribution in [2.24, 2.45) is 0 Å². The van der Waals surface area contributed by atoms with Crippen molar-refractivity contribution in [2.45, 2.75) is 13.2 Å². The average Bonchev–Trinajstić information content (AvgIpc) is 3.03. The first kappa shape index (κ1) is 13.0. The van der Waals surface area contributed by atoms with Crippen molar-refractivity contribution in [2.75, 3.05) is 0 Å². The minimum Gasteiger partial charge on any atom is -0.372 e. The third kappa shape index (κ3) is 3.29. The first-order valence-corrected chi connectivity index (χ1v) is 7.13. The van der Waals surface area contributed by atoms with Crippen LogP contribution in [0.25, 0.3) is 11.3 Å². The molecule has 0 aliphatic rings. The summed E-state index contributed by atoms with van der Waals surface area (Å²) in [5.74, 6) is 0. The van der Waals surface area contributed by atoms with Gasteiger partial charge in [-0.15, -0.1) is 0 Å². The third-order valence-electron chi connectivity index (χ3n) is 2.96. The van der Waals surface area contributed by atoms with Crippen LogP contribution in [-0.2, 0) is 18.0 Å². The van der Waals surface area contributed by atoms with E-state index in [4.69, 9.17) is 4.74 Å². The predicted molar refractivity (Wildman–Crippen MR) is 80.3 cm³/mol. The van der Waals surface area contributed by atoms with Gasteiger partial charge in [0.15, 0.2) is 0 Å². The summed E-state index contributed by atoms with van der Waals surface area (Å²) >= 11 is 1.22. The van der Waals surface area contributed by atoms with Crippen LogP contribution in [0.4, 0.5) is 0 Å². The predicted octanol–water partition coefficient (Wildman–Crippen LogP) is 3.92. The van der Waals surface area contributed by atoms with E-state index >= 15 is 0 Å². The maximum absolute atomic E-state index is 5.74. The smallest absolute Gasteiger partial charge is 0.104 e. The van der Waals surface area contributed by atoms with E-state index in [1.54, 1.807) is 6.20 Å². The molecule has 100 valence electrons. The lowest BCUT2D eigenvalue weighted by molar-refractivity contribution is 0.107. The Morgan fingerprint density at radius 2 is 1.70 bits per heavy atom. The molecule has 0 radical (unpaired) electrons. The van der Waals surface area contributed by atoms with Crippen LogP contribution < -0.4 is 0 Å². The Morgan fingerprint density at radius 3 is 2.50 bits per heavy atom. The van der Waals surface area contributed by atoms with Crippen LogP contribution in [0.1, 0.15) is 11.1 Å². The molecule has 4 heteroatoms. The van der Waals surface area contributed by atoms with Crippen LogP contribution in [-0.4, -0.2) is 8.75 Å². The molecule has 0 N–H and O–H groups in total. The zero-order chi connectivity index (χ0) is 13.6. The van der Waals surface area contributed by atoms with Gasteiger partial charge in [-0.3, -0.25) is 0 Å². The van der Waals surface area contributed by atoms with Crippen LogP contribution in [0.5, 0.6) is 0 Å². The number of ether oxygens (including phenoxy) is 1. The lowest BCUT2D eigenvalue weighted by atomic mass is 10.1. The average molecular weight is 282 g/mol. The van der Waals surface area contributed by atoms with Crippen molar-refractivity contribution < 1.29 is 4.74 Å². The highest BCUT2D eigenvalue weighted by atomic mass is 32.1. The number of rotatable bonds is 5. The Balaban J connectivity index is 1.62. The number of hydrogen-bond donors (Lipinski definition) is 0. The Bertz CT molecular complexity index is 653. The molecule has 0 aliphatic heterocycles. The van der Waals surface area contributed by atoms with Crippen molar-refractivity contribution in [1.29, 1.82) is 0 Å². The van der Waals surface area contributed by atoms with Crippen LogP contribution in [0.15, 0.2) is 60.8 Å². The quantitative estimate of drug-likeness (QED) is 0.711. The highest BCUT2D eigenvalue weighted by Crippen LogP contribution is 2.19. The molecule has 1 aromatic heterocycles. The van der Waals surface area contributed by atoms with E-state index in [0.29, 0.717) is 13.2 Å². The van der Waals surface area contributed by atoms with Gasteiger partial charge in [0.2, 0.25) is 0 Å². The highest BCUT2D eigenvalue weighted by molar-refractivity contribution is 6.99. The van der Waals surface area contributed by atoms with E-state index in [0.717, 1.165) is 16.8 Å². The number of benzene rings is 2. The molecule has 3 nitrogen and oxygen atoms in total. The molecule has 0 saturated heterocycles. The van der Waals surface area contributed by atoms with Crippen molar-refractivity contribution in [1.82, 2.24) is 8.75 Å². The summed E-state index contributed by atoms with van der Waals surface area (Å²) in [7, 11) is 0. The third-order valence-corrected chi connectivity index (χ3v) is 3.44. The standard InChI is InChI=1S/C16H14N2OS/c1-2-5-13(6-3-1)11-19-12-14-7-4-8-15(9-14)16-10-17-20-18-16/h1-10H,11-12H2. The largest absolute Gasteiger partial charge is 0.372 e. The Kier molecular flexibility index (Phi) is 4.16. The first-order chi connectivity index (χ1) is 9.92. The van der Waals surface area contributed by atoms with Gasteiger partial charge in [-0.2, -0.15) is 8.75 Å². The van der Waals surface area contributed by atoms with E-state index in [1.807, 2.05) is 30.3 Å². The zero-order valence-electron chi connectivity index (χ0n) is 10.9. The van der Waals surface area contributed by atoms with Gasteiger partial charge in [0, 0.05) is 5.56 Å². The molecule has 2 aromatic carbocycles. The second-order valence-corrected chi connectivity index (χ2v) is 5.03. The zero-order valence-corrected chi connectivity index (χ0v) is 11.7. The van der Waals surface area contributed by atoms with Crippen LogP contribution >= 0.6 is 11.7 Å². The monoisotopic (exact) mass is 282 g/mol. The maximum atomic E-state index is 5.74.